The Hall–Kier alpha value is -3.43. The van der Waals surface area contributed by atoms with Gasteiger partial charge in [-0.1, -0.05) is 12.1 Å². The minimum atomic E-state index is -0.955. The first kappa shape index (κ1) is 16.9. The van der Waals surface area contributed by atoms with Crippen LogP contribution in [0, 0.1) is 10.1 Å². The molecule has 126 valence electrons. The van der Waals surface area contributed by atoms with E-state index in [2.05, 4.69) is 15.3 Å². The number of aromatic nitrogens is 2. The average Bonchev–Trinajstić information content (AvgIpc) is 2.58. The van der Waals surface area contributed by atoms with Gasteiger partial charge in [0.25, 0.3) is 5.91 Å². The van der Waals surface area contributed by atoms with Crippen LogP contribution in [-0.2, 0) is 11.3 Å². The van der Waals surface area contributed by atoms with Crippen LogP contribution in [0.4, 0.5) is 5.69 Å². The van der Waals surface area contributed by atoms with Gasteiger partial charge in [-0.05, 0) is 17.7 Å². The number of carbonyl (C=O) groups excluding carboxylic acids is 1. The molecule has 0 radical (unpaired) electrons. The minimum absolute atomic E-state index is 0.247. The van der Waals surface area contributed by atoms with E-state index < -0.39 is 34.6 Å². The molecule has 2 N–H and O–H groups in total. The summed E-state index contributed by atoms with van der Waals surface area (Å²) in [6.45, 7) is -0.259. The lowest BCUT2D eigenvalue weighted by molar-refractivity contribution is -0.387. The van der Waals surface area contributed by atoms with Gasteiger partial charge in [0.1, 0.15) is 5.75 Å². The van der Waals surface area contributed by atoms with E-state index in [9.17, 15) is 19.7 Å². The van der Waals surface area contributed by atoms with Crippen molar-refractivity contribution in [2.45, 2.75) is 6.54 Å². The van der Waals surface area contributed by atoms with Crippen LogP contribution in [-0.4, -0.2) is 34.5 Å². The molecule has 0 fully saturated rings. The highest BCUT2D eigenvalue weighted by atomic mass is 16.6. The van der Waals surface area contributed by atoms with Crippen molar-refractivity contribution < 1.29 is 19.2 Å². The Morgan fingerprint density at radius 2 is 2.08 bits per heavy atom. The van der Waals surface area contributed by atoms with Crippen LogP contribution < -0.4 is 20.3 Å². The first-order chi connectivity index (χ1) is 11.5. The first-order valence-electron chi connectivity index (χ1n) is 6.75. The number of ether oxygens (including phenoxy) is 2. The number of aromatic amines is 1. The molecule has 10 heteroatoms. The Balaban J connectivity index is 1.90. The SMILES string of the molecule is COc1ccc(CNC(=O)COc2nc[nH]c(=O)c2[N+](=O)[O-])cc1. The highest BCUT2D eigenvalue weighted by Crippen LogP contribution is 2.17. The van der Waals surface area contributed by atoms with E-state index in [1.165, 1.54) is 0 Å². The fraction of sp³-hybridized carbons (Fsp3) is 0.214. The molecule has 1 aromatic carbocycles. The van der Waals surface area contributed by atoms with Gasteiger partial charge in [-0.25, -0.2) is 0 Å². The molecule has 0 atom stereocenters. The number of carbonyl (C=O) groups is 1. The number of nitro groups is 1. The van der Waals surface area contributed by atoms with Crippen molar-refractivity contribution in [2.24, 2.45) is 0 Å². The zero-order chi connectivity index (χ0) is 17.5. The van der Waals surface area contributed by atoms with E-state index in [4.69, 9.17) is 9.47 Å². The molecule has 2 aromatic rings. The number of methoxy groups -OCH3 is 1. The monoisotopic (exact) mass is 334 g/mol. The summed E-state index contributed by atoms with van der Waals surface area (Å²) in [5.41, 5.74) is -0.964. The number of nitrogens with one attached hydrogen (secondary N) is 2. The number of H-pyrrole nitrogens is 1. The van der Waals surface area contributed by atoms with Crippen LogP contribution in [0.2, 0.25) is 0 Å². The molecule has 24 heavy (non-hydrogen) atoms. The van der Waals surface area contributed by atoms with E-state index in [0.29, 0.717) is 5.75 Å². The van der Waals surface area contributed by atoms with Gasteiger partial charge in [0.2, 0.25) is 0 Å². The second-order valence-corrected chi connectivity index (χ2v) is 4.56. The summed E-state index contributed by atoms with van der Waals surface area (Å²) >= 11 is 0. The molecule has 0 aliphatic rings. The lowest BCUT2D eigenvalue weighted by Gasteiger charge is -2.07. The molecule has 1 aromatic heterocycles. The van der Waals surface area contributed by atoms with E-state index in [1.54, 1.807) is 31.4 Å². The van der Waals surface area contributed by atoms with Crippen LogP contribution in [0.1, 0.15) is 5.56 Å². The molecule has 0 unspecified atom stereocenters. The maximum Gasteiger partial charge on any atom is 0.395 e. The predicted octanol–water partition coefficient (Wildman–Crippen LogP) is 0.382. The van der Waals surface area contributed by atoms with Crippen molar-refractivity contribution >= 4 is 11.6 Å². The summed E-state index contributed by atoms with van der Waals surface area (Å²) in [6.07, 6.45) is 0.958. The summed E-state index contributed by atoms with van der Waals surface area (Å²) in [5, 5.41) is 13.4. The molecule has 0 saturated carbocycles. The topological polar surface area (TPSA) is 136 Å². The van der Waals surface area contributed by atoms with Crippen molar-refractivity contribution in [1.82, 2.24) is 15.3 Å². The highest BCUT2D eigenvalue weighted by molar-refractivity contribution is 5.77. The zero-order valence-corrected chi connectivity index (χ0v) is 12.6. The van der Waals surface area contributed by atoms with Crippen molar-refractivity contribution in [2.75, 3.05) is 13.7 Å². The number of amides is 1. The largest absolute Gasteiger partial charge is 0.497 e. The van der Waals surface area contributed by atoms with E-state index in [1.807, 2.05) is 0 Å². The van der Waals surface area contributed by atoms with Gasteiger partial charge in [-0.15, -0.1) is 0 Å². The molecule has 0 aliphatic heterocycles. The van der Waals surface area contributed by atoms with E-state index in [0.717, 1.165) is 11.9 Å². The molecule has 1 amide bonds. The third-order valence-corrected chi connectivity index (χ3v) is 2.97. The van der Waals surface area contributed by atoms with Crippen molar-refractivity contribution in [3.8, 4) is 11.6 Å². The Bertz CT molecular complexity index is 787. The minimum Gasteiger partial charge on any atom is -0.497 e. The van der Waals surface area contributed by atoms with Gasteiger partial charge in [0, 0.05) is 6.54 Å². The maximum absolute atomic E-state index is 11.7. The fourth-order valence-corrected chi connectivity index (χ4v) is 1.77. The molecular formula is C14H14N4O6. The number of hydrogen-bond donors (Lipinski definition) is 2. The Morgan fingerprint density at radius 3 is 2.71 bits per heavy atom. The van der Waals surface area contributed by atoms with Gasteiger partial charge in [-0.2, -0.15) is 4.98 Å². The average molecular weight is 334 g/mol. The molecule has 0 saturated heterocycles. The summed E-state index contributed by atoms with van der Waals surface area (Å²) in [6, 6.07) is 7.06. The smallest absolute Gasteiger partial charge is 0.395 e. The van der Waals surface area contributed by atoms with Crippen LogP contribution in [0.15, 0.2) is 35.4 Å². The van der Waals surface area contributed by atoms with Crippen molar-refractivity contribution in [3.63, 3.8) is 0 Å². The van der Waals surface area contributed by atoms with Gasteiger partial charge in [0.05, 0.1) is 18.4 Å². The van der Waals surface area contributed by atoms with E-state index in [-0.39, 0.29) is 6.54 Å². The fourth-order valence-electron chi connectivity index (χ4n) is 1.77. The lowest BCUT2D eigenvalue weighted by atomic mass is 10.2. The predicted molar refractivity (Wildman–Crippen MR) is 81.8 cm³/mol. The van der Waals surface area contributed by atoms with Crippen LogP contribution >= 0.6 is 0 Å². The normalized spacial score (nSPS) is 10.0. The zero-order valence-electron chi connectivity index (χ0n) is 12.6. The van der Waals surface area contributed by atoms with Crippen LogP contribution in [0.3, 0.4) is 0 Å². The van der Waals surface area contributed by atoms with Gasteiger partial charge in [0.15, 0.2) is 6.61 Å². The standard InChI is InChI=1S/C14H14N4O6/c1-23-10-4-2-9(3-5-10)6-15-11(19)7-24-14-12(18(21)22)13(20)16-8-17-14/h2-5,8H,6-7H2,1H3,(H,15,19)(H,16,17,20). The molecule has 1 heterocycles. The summed E-state index contributed by atoms with van der Waals surface area (Å²) in [5.74, 6) is -0.327. The number of benzene rings is 1. The van der Waals surface area contributed by atoms with Gasteiger partial charge < -0.3 is 19.8 Å². The first-order valence-corrected chi connectivity index (χ1v) is 6.75. The van der Waals surface area contributed by atoms with Crippen LogP contribution in [0.25, 0.3) is 0 Å². The van der Waals surface area contributed by atoms with Crippen LogP contribution in [0.5, 0.6) is 11.6 Å². The quantitative estimate of drug-likeness (QED) is 0.551. The van der Waals surface area contributed by atoms with Gasteiger partial charge >= 0.3 is 17.1 Å². The summed E-state index contributed by atoms with van der Waals surface area (Å²) < 4.78 is 9.99. The summed E-state index contributed by atoms with van der Waals surface area (Å²) in [7, 11) is 1.55. The third-order valence-electron chi connectivity index (χ3n) is 2.97. The Kier molecular flexibility index (Phi) is 5.45. The number of hydrogen-bond acceptors (Lipinski definition) is 7. The number of rotatable bonds is 7. The molecule has 0 bridgehead atoms. The molecule has 0 aliphatic carbocycles. The van der Waals surface area contributed by atoms with Crippen molar-refractivity contribution in [3.05, 3.63) is 56.6 Å². The maximum atomic E-state index is 11.7. The molecule has 2 rings (SSSR count). The summed E-state index contributed by atoms with van der Waals surface area (Å²) in [4.78, 5) is 38.6. The van der Waals surface area contributed by atoms with Crippen molar-refractivity contribution in [1.29, 1.82) is 0 Å². The highest BCUT2D eigenvalue weighted by Gasteiger charge is 2.22. The lowest BCUT2D eigenvalue weighted by Crippen LogP contribution is -2.29. The Morgan fingerprint density at radius 1 is 1.38 bits per heavy atom. The Labute approximate surface area is 135 Å². The van der Waals surface area contributed by atoms with E-state index >= 15 is 0 Å². The second-order valence-electron chi connectivity index (χ2n) is 4.56. The second kappa shape index (κ2) is 7.72. The molecular weight excluding hydrogens is 320 g/mol. The number of nitrogens with zero attached hydrogens (tertiary/aromatic N) is 2. The molecule has 0 spiro atoms. The third kappa shape index (κ3) is 4.29. The van der Waals surface area contributed by atoms with Gasteiger partial charge in [-0.3, -0.25) is 19.7 Å². The molecule has 10 nitrogen and oxygen atoms in total.